The number of hydroxylamine groups is 1. The van der Waals surface area contributed by atoms with Gasteiger partial charge in [-0.1, -0.05) is 27.7 Å². The lowest BCUT2D eigenvalue weighted by atomic mass is 9.94. The smallest absolute Gasteiger partial charge is 0.0503 e. The Bertz CT molecular complexity index is 74.6. The van der Waals surface area contributed by atoms with Gasteiger partial charge < -0.3 is 5.21 Å². The van der Waals surface area contributed by atoms with E-state index in [1.165, 1.54) is 3.28 Å². The highest BCUT2D eigenvalue weighted by atomic mass is 127. The van der Waals surface area contributed by atoms with Crippen LogP contribution < -0.4 is 0 Å². The third-order valence-electron chi connectivity index (χ3n) is 1.61. The number of rotatable bonds is 3. The molecule has 0 aliphatic carbocycles. The second-order valence-electron chi connectivity index (χ2n) is 3.27. The van der Waals surface area contributed by atoms with Gasteiger partial charge in [-0.2, -0.15) is 0 Å². The van der Waals surface area contributed by atoms with E-state index in [-0.39, 0.29) is 6.04 Å². The maximum atomic E-state index is 9.17. The van der Waals surface area contributed by atoms with E-state index in [4.69, 9.17) is 0 Å². The number of halogens is 1. The summed E-state index contributed by atoms with van der Waals surface area (Å²) in [4.78, 5) is 0. The maximum absolute atomic E-state index is 9.17. The van der Waals surface area contributed by atoms with E-state index in [1.54, 1.807) is 0 Å². The van der Waals surface area contributed by atoms with Crippen molar-refractivity contribution in [2.24, 2.45) is 11.8 Å². The van der Waals surface area contributed by atoms with E-state index < -0.39 is 0 Å². The van der Waals surface area contributed by atoms with Crippen LogP contribution >= 0.6 is 22.9 Å². The molecular formula is C7H16INO. The molecule has 0 bridgehead atoms. The summed E-state index contributed by atoms with van der Waals surface area (Å²) >= 11 is 1.92. The second kappa shape index (κ2) is 4.51. The van der Waals surface area contributed by atoms with Crippen LogP contribution in [0.5, 0.6) is 0 Å². The van der Waals surface area contributed by atoms with E-state index in [9.17, 15) is 5.21 Å². The minimum Gasteiger partial charge on any atom is -0.304 e. The van der Waals surface area contributed by atoms with Gasteiger partial charge in [0.25, 0.3) is 0 Å². The first-order valence-corrected chi connectivity index (χ1v) is 4.57. The first kappa shape index (κ1) is 10.7. The maximum Gasteiger partial charge on any atom is 0.0503 e. The molecule has 1 N–H and O–H groups in total. The topological polar surface area (TPSA) is 23.5 Å². The molecule has 0 saturated heterocycles. The monoisotopic (exact) mass is 257 g/mol. The minimum absolute atomic E-state index is 0.264. The summed E-state index contributed by atoms with van der Waals surface area (Å²) in [5.41, 5.74) is 0. The Morgan fingerprint density at radius 1 is 1.10 bits per heavy atom. The fourth-order valence-corrected chi connectivity index (χ4v) is 2.55. The lowest BCUT2D eigenvalue weighted by Gasteiger charge is -2.27. The van der Waals surface area contributed by atoms with Crippen LogP contribution in [0.4, 0.5) is 0 Å². The largest absolute Gasteiger partial charge is 0.304 e. The average Bonchev–Trinajstić information content (AvgIpc) is 1.59. The normalized spacial score (nSPS) is 12.6. The zero-order chi connectivity index (χ0) is 8.31. The van der Waals surface area contributed by atoms with E-state index in [2.05, 4.69) is 27.7 Å². The zero-order valence-corrected chi connectivity index (χ0v) is 9.16. The Morgan fingerprint density at radius 3 is 1.40 bits per heavy atom. The summed E-state index contributed by atoms with van der Waals surface area (Å²) in [6, 6.07) is 0.264. The summed E-state index contributed by atoms with van der Waals surface area (Å²) in [6.07, 6.45) is 0. The van der Waals surface area contributed by atoms with Crippen molar-refractivity contribution < 1.29 is 5.21 Å². The van der Waals surface area contributed by atoms with Crippen molar-refractivity contribution in [1.82, 2.24) is 3.28 Å². The third-order valence-corrected chi connectivity index (χ3v) is 2.26. The van der Waals surface area contributed by atoms with E-state index in [0.29, 0.717) is 11.8 Å². The summed E-state index contributed by atoms with van der Waals surface area (Å²) in [7, 11) is 0. The Balaban J connectivity index is 3.98. The lowest BCUT2D eigenvalue weighted by Crippen LogP contribution is -2.33. The average molecular weight is 257 g/mol. The van der Waals surface area contributed by atoms with Crippen LogP contribution in [0, 0.1) is 11.8 Å². The number of hydrogen-bond acceptors (Lipinski definition) is 2. The molecule has 0 heterocycles. The van der Waals surface area contributed by atoms with Crippen molar-refractivity contribution in [2.45, 2.75) is 33.7 Å². The fourth-order valence-electron chi connectivity index (χ4n) is 1.26. The highest BCUT2D eigenvalue weighted by Gasteiger charge is 2.21. The SMILES string of the molecule is CC(C)C(C(C)C)N(O)I. The molecular weight excluding hydrogens is 241 g/mol. The number of nitrogens with zero attached hydrogens (tertiary/aromatic N) is 1. The minimum atomic E-state index is 0.264. The van der Waals surface area contributed by atoms with Crippen LogP contribution in [0.3, 0.4) is 0 Å². The molecule has 0 rings (SSSR count). The molecule has 0 spiro atoms. The molecule has 0 unspecified atom stereocenters. The first-order chi connectivity index (χ1) is 4.46. The Labute approximate surface area is 77.1 Å². The van der Waals surface area contributed by atoms with E-state index in [1.807, 2.05) is 22.9 Å². The lowest BCUT2D eigenvalue weighted by molar-refractivity contribution is -0.0330. The Morgan fingerprint density at radius 2 is 1.40 bits per heavy atom. The predicted molar refractivity (Wildman–Crippen MR) is 51.1 cm³/mol. The molecule has 62 valence electrons. The van der Waals surface area contributed by atoms with Crippen molar-refractivity contribution in [2.75, 3.05) is 0 Å². The van der Waals surface area contributed by atoms with Gasteiger partial charge in [-0.25, -0.2) is 0 Å². The van der Waals surface area contributed by atoms with Gasteiger partial charge in [0.1, 0.15) is 0 Å². The van der Waals surface area contributed by atoms with Gasteiger partial charge in [0.05, 0.1) is 6.04 Å². The summed E-state index contributed by atoms with van der Waals surface area (Å²) in [5, 5.41) is 9.17. The van der Waals surface area contributed by atoms with Gasteiger partial charge in [0.2, 0.25) is 0 Å². The number of hydrogen-bond donors (Lipinski definition) is 1. The van der Waals surface area contributed by atoms with Gasteiger partial charge in [-0.15, -0.1) is 3.28 Å². The predicted octanol–water partition coefficient (Wildman–Crippen LogP) is 2.71. The van der Waals surface area contributed by atoms with Crippen molar-refractivity contribution in [3.8, 4) is 0 Å². The van der Waals surface area contributed by atoms with Gasteiger partial charge in [0, 0.05) is 22.9 Å². The van der Waals surface area contributed by atoms with Crippen molar-refractivity contribution in [1.29, 1.82) is 0 Å². The van der Waals surface area contributed by atoms with Crippen LogP contribution in [-0.2, 0) is 0 Å². The molecule has 0 aromatic heterocycles. The van der Waals surface area contributed by atoms with Crippen molar-refractivity contribution in [3.05, 3.63) is 0 Å². The van der Waals surface area contributed by atoms with Crippen LogP contribution in [0.25, 0.3) is 0 Å². The molecule has 0 aliphatic rings. The Hall–Kier alpha value is 0.650. The highest BCUT2D eigenvalue weighted by Crippen LogP contribution is 2.20. The molecule has 0 amide bonds. The van der Waals surface area contributed by atoms with Crippen LogP contribution in [-0.4, -0.2) is 14.5 Å². The molecule has 0 atom stereocenters. The molecule has 3 heteroatoms. The summed E-state index contributed by atoms with van der Waals surface area (Å²) in [6.45, 7) is 8.47. The summed E-state index contributed by atoms with van der Waals surface area (Å²) in [5.74, 6) is 1.00. The molecule has 2 nitrogen and oxygen atoms in total. The molecule has 0 fully saturated rings. The molecule has 0 radical (unpaired) electrons. The van der Waals surface area contributed by atoms with Crippen molar-refractivity contribution in [3.63, 3.8) is 0 Å². The zero-order valence-electron chi connectivity index (χ0n) is 7.00. The van der Waals surface area contributed by atoms with E-state index >= 15 is 0 Å². The van der Waals surface area contributed by atoms with Crippen LogP contribution in [0.15, 0.2) is 0 Å². The van der Waals surface area contributed by atoms with Crippen LogP contribution in [0.2, 0.25) is 0 Å². The van der Waals surface area contributed by atoms with E-state index in [0.717, 1.165) is 0 Å². The van der Waals surface area contributed by atoms with Crippen molar-refractivity contribution >= 4 is 22.9 Å². The highest BCUT2D eigenvalue weighted by molar-refractivity contribution is 14.1. The van der Waals surface area contributed by atoms with Gasteiger partial charge in [0.15, 0.2) is 0 Å². The van der Waals surface area contributed by atoms with Gasteiger partial charge >= 0.3 is 0 Å². The van der Waals surface area contributed by atoms with Gasteiger partial charge in [-0.3, -0.25) is 0 Å². The molecule has 10 heavy (non-hydrogen) atoms. The quantitative estimate of drug-likeness (QED) is 0.477. The van der Waals surface area contributed by atoms with Crippen LogP contribution in [0.1, 0.15) is 27.7 Å². The third kappa shape index (κ3) is 3.16. The standard InChI is InChI=1S/C7H16INO/c1-5(2)7(6(3)4)9(8)10/h5-7,10H,1-4H3. The second-order valence-corrected chi connectivity index (χ2v) is 4.26. The summed E-state index contributed by atoms with van der Waals surface area (Å²) < 4.78 is 1.28. The van der Waals surface area contributed by atoms with Gasteiger partial charge in [-0.05, 0) is 11.8 Å². The molecule has 0 aliphatic heterocycles. The molecule has 0 saturated carbocycles. The fraction of sp³-hybridized carbons (Fsp3) is 1.00. The molecule has 0 aromatic carbocycles. The molecule has 0 aromatic rings. The Kier molecular flexibility index (Phi) is 4.81. The first-order valence-electron chi connectivity index (χ1n) is 3.60.